The molecule has 4 N–H and O–H groups in total. The Morgan fingerprint density at radius 3 is 2.42 bits per heavy atom. The summed E-state index contributed by atoms with van der Waals surface area (Å²) in [4.78, 5) is 21.9. The zero-order chi connectivity index (χ0) is 14.3. The zero-order valence-electron chi connectivity index (χ0n) is 11.4. The molecule has 1 fully saturated rings. The van der Waals surface area contributed by atoms with Crippen LogP contribution in [-0.2, 0) is 4.79 Å². The van der Waals surface area contributed by atoms with Gasteiger partial charge in [-0.1, -0.05) is 13.3 Å². The normalized spacial score (nSPS) is 24.5. The lowest BCUT2D eigenvalue weighted by Crippen LogP contribution is -2.44. The molecule has 0 bridgehead atoms. The predicted octanol–water partition coefficient (Wildman–Crippen LogP) is 1.09. The molecule has 110 valence electrons. The van der Waals surface area contributed by atoms with Crippen molar-refractivity contribution in [1.29, 1.82) is 0 Å². The number of carbonyl (C=O) groups excluding carboxylic acids is 1. The van der Waals surface area contributed by atoms with Crippen molar-refractivity contribution >= 4 is 12.0 Å². The lowest BCUT2D eigenvalue weighted by atomic mass is 9.85. The number of hydrogen-bond donors (Lipinski definition) is 4. The van der Waals surface area contributed by atoms with Gasteiger partial charge in [-0.25, -0.2) is 9.59 Å². The Labute approximate surface area is 113 Å². The Bertz CT molecular complexity index is 301. The minimum Gasteiger partial charge on any atom is -0.479 e. The molecule has 1 aliphatic rings. The van der Waals surface area contributed by atoms with Gasteiger partial charge in [-0.2, -0.15) is 0 Å². The number of aliphatic hydroxyl groups excluding tert-OH is 1. The van der Waals surface area contributed by atoms with Crippen molar-refractivity contribution in [3.05, 3.63) is 0 Å². The number of hydrogen-bond acceptors (Lipinski definition) is 3. The van der Waals surface area contributed by atoms with E-state index in [1.807, 2.05) is 0 Å². The van der Waals surface area contributed by atoms with Gasteiger partial charge in [0.15, 0.2) is 6.10 Å². The molecular formula is C13H24N2O4. The zero-order valence-corrected chi connectivity index (χ0v) is 11.4. The first-order chi connectivity index (χ1) is 9.02. The minimum atomic E-state index is -1.42. The molecule has 1 aliphatic carbocycles. The average molecular weight is 272 g/mol. The second kappa shape index (κ2) is 7.99. The van der Waals surface area contributed by atoms with E-state index in [0.29, 0.717) is 0 Å². The highest BCUT2D eigenvalue weighted by atomic mass is 16.4. The molecule has 0 aromatic rings. The number of carbonyl (C=O) groups is 2. The van der Waals surface area contributed by atoms with Crippen molar-refractivity contribution in [2.75, 3.05) is 6.54 Å². The molecule has 19 heavy (non-hydrogen) atoms. The summed E-state index contributed by atoms with van der Waals surface area (Å²) < 4.78 is 0. The summed E-state index contributed by atoms with van der Waals surface area (Å²) in [5.41, 5.74) is 0. The second-order valence-corrected chi connectivity index (χ2v) is 5.17. The quantitative estimate of drug-likeness (QED) is 0.581. The van der Waals surface area contributed by atoms with Gasteiger partial charge in [0, 0.05) is 19.0 Å². The molecule has 0 heterocycles. The molecule has 6 heteroatoms. The Morgan fingerprint density at radius 1 is 1.26 bits per heavy atom. The summed E-state index contributed by atoms with van der Waals surface area (Å²) in [7, 11) is 0. The third kappa shape index (κ3) is 5.92. The van der Waals surface area contributed by atoms with E-state index in [0.717, 1.165) is 31.6 Å². The number of carboxylic acid groups (broad SMARTS) is 1. The van der Waals surface area contributed by atoms with Crippen LogP contribution in [-0.4, -0.2) is 40.9 Å². The van der Waals surface area contributed by atoms with Crippen LogP contribution < -0.4 is 10.6 Å². The Morgan fingerprint density at radius 2 is 1.89 bits per heavy atom. The maximum Gasteiger partial charge on any atom is 0.332 e. The summed E-state index contributed by atoms with van der Waals surface area (Å²) >= 11 is 0. The molecule has 2 amide bonds. The first kappa shape index (κ1) is 15.8. The van der Waals surface area contributed by atoms with Crippen molar-refractivity contribution in [3.63, 3.8) is 0 Å². The average Bonchev–Trinajstić information content (AvgIpc) is 2.39. The van der Waals surface area contributed by atoms with Gasteiger partial charge in [0.1, 0.15) is 0 Å². The third-order valence-corrected chi connectivity index (χ3v) is 3.75. The van der Waals surface area contributed by atoms with Crippen LogP contribution in [0.3, 0.4) is 0 Å². The van der Waals surface area contributed by atoms with Crippen molar-refractivity contribution in [3.8, 4) is 0 Å². The topological polar surface area (TPSA) is 98.7 Å². The SMILES string of the molecule is CCC1CCC(NC(=O)NCCC(O)C(=O)O)CC1. The van der Waals surface area contributed by atoms with E-state index in [9.17, 15) is 9.59 Å². The van der Waals surface area contributed by atoms with Crippen LogP contribution in [0.4, 0.5) is 4.79 Å². The summed E-state index contributed by atoms with van der Waals surface area (Å²) in [6.45, 7) is 2.35. The molecule has 1 rings (SSSR count). The van der Waals surface area contributed by atoms with Crippen molar-refractivity contribution in [1.82, 2.24) is 10.6 Å². The van der Waals surface area contributed by atoms with Gasteiger partial charge in [0.05, 0.1) is 0 Å². The number of carboxylic acids is 1. The highest BCUT2D eigenvalue weighted by molar-refractivity contribution is 5.74. The van der Waals surface area contributed by atoms with E-state index in [-0.39, 0.29) is 25.0 Å². The highest BCUT2D eigenvalue weighted by Gasteiger charge is 2.21. The minimum absolute atomic E-state index is 0.0192. The molecule has 0 radical (unpaired) electrons. The molecule has 0 aromatic carbocycles. The second-order valence-electron chi connectivity index (χ2n) is 5.17. The molecule has 1 unspecified atom stereocenters. The number of nitrogens with one attached hydrogen (secondary N) is 2. The van der Waals surface area contributed by atoms with Crippen LogP contribution >= 0.6 is 0 Å². The van der Waals surface area contributed by atoms with E-state index in [1.54, 1.807) is 0 Å². The number of rotatable bonds is 6. The lowest BCUT2D eigenvalue weighted by Gasteiger charge is -2.28. The van der Waals surface area contributed by atoms with Crippen LogP contribution in [0.1, 0.15) is 45.4 Å². The molecule has 0 spiro atoms. The monoisotopic (exact) mass is 272 g/mol. The molecule has 1 saturated carbocycles. The van der Waals surface area contributed by atoms with Gasteiger partial charge in [-0.05, 0) is 31.6 Å². The van der Waals surface area contributed by atoms with Gasteiger partial charge >= 0.3 is 12.0 Å². The van der Waals surface area contributed by atoms with Crippen LogP contribution in [0.5, 0.6) is 0 Å². The Hall–Kier alpha value is -1.30. The molecule has 6 nitrogen and oxygen atoms in total. The number of aliphatic carboxylic acids is 1. The number of aliphatic hydroxyl groups is 1. The van der Waals surface area contributed by atoms with E-state index >= 15 is 0 Å². The van der Waals surface area contributed by atoms with Crippen LogP contribution in [0, 0.1) is 5.92 Å². The first-order valence-electron chi connectivity index (χ1n) is 6.98. The summed E-state index contributed by atoms with van der Waals surface area (Å²) in [5, 5.41) is 23.0. The van der Waals surface area contributed by atoms with Gasteiger partial charge in [0.2, 0.25) is 0 Å². The van der Waals surface area contributed by atoms with Crippen molar-refractivity contribution in [2.24, 2.45) is 5.92 Å². The molecule has 0 aliphatic heterocycles. The van der Waals surface area contributed by atoms with Gasteiger partial charge < -0.3 is 20.8 Å². The van der Waals surface area contributed by atoms with Crippen molar-refractivity contribution in [2.45, 2.75) is 57.6 Å². The molecule has 1 atom stereocenters. The van der Waals surface area contributed by atoms with Gasteiger partial charge in [-0.3, -0.25) is 0 Å². The Kier molecular flexibility index (Phi) is 6.62. The lowest BCUT2D eigenvalue weighted by molar-refractivity contribution is -0.146. The van der Waals surface area contributed by atoms with Crippen LogP contribution in [0.15, 0.2) is 0 Å². The van der Waals surface area contributed by atoms with Crippen molar-refractivity contribution < 1.29 is 19.8 Å². The van der Waals surface area contributed by atoms with Crippen LogP contribution in [0.2, 0.25) is 0 Å². The number of urea groups is 1. The smallest absolute Gasteiger partial charge is 0.332 e. The fourth-order valence-electron chi connectivity index (χ4n) is 2.40. The maximum atomic E-state index is 11.6. The predicted molar refractivity (Wildman–Crippen MR) is 70.8 cm³/mol. The Balaban J connectivity index is 2.13. The summed E-state index contributed by atoms with van der Waals surface area (Å²) in [6, 6.07) is -0.0651. The third-order valence-electron chi connectivity index (χ3n) is 3.75. The van der Waals surface area contributed by atoms with E-state index in [1.165, 1.54) is 6.42 Å². The fourth-order valence-corrected chi connectivity index (χ4v) is 2.40. The standard InChI is InChI=1S/C13H24N2O4/c1-2-9-3-5-10(6-4-9)15-13(19)14-8-7-11(16)12(17)18/h9-11,16H,2-8H2,1H3,(H,17,18)(H2,14,15,19). The van der Waals surface area contributed by atoms with E-state index < -0.39 is 12.1 Å². The summed E-state index contributed by atoms with van der Waals surface area (Å²) in [5.74, 6) is -0.480. The largest absolute Gasteiger partial charge is 0.479 e. The van der Waals surface area contributed by atoms with E-state index in [2.05, 4.69) is 17.6 Å². The number of amides is 2. The summed E-state index contributed by atoms with van der Waals surface area (Å²) in [6.07, 6.45) is 4.11. The maximum absolute atomic E-state index is 11.6. The van der Waals surface area contributed by atoms with E-state index in [4.69, 9.17) is 10.2 Å². The highest BCUT2D eigenvalue weighted by Crippen LogP contribution is 2.26. The molecule has 0 aromatic heterocycles. The first-order valence-corrected chi connectivity index (χ1v) is 6.98. The molecule has 0 saturated heterocycles. The van der Waals surface area contributed by atoms with Gasteiger partial charge in [-0.15, -0.1) is 0 Å². The van der Waals surface area contributed by atoms with Crippen LogP contribution in [0.25, 0.3) is 0 Å². The van der Waals surface area contributed by atoms with Gasteiger partial charge in [0.25, 0.3) is 0 Å². The fraction of sp³-hybridized carbons (Fsp3) is 0.846. The molecular weight excluding hydrogens is 248 g/mol.